The lowest BCUT2D eigenvalue weighted by atomic mass is 9.89. The molecule has 0 amide bonds. The average Bonchev–Trinajstić information content (AvgIpc) is 2.56. The minimum absolute atomic E-state index is 0.0271. The molecule has 0 aromatic heterocycles. The van der Waals surface area contributed by atoms with Crippen molar-refractivity contribution < 1.29 is 14.6 Å². The third-order valence-corrected chi connectivity index (χ3v) is 9.92. The highest BCUT2D eigenvalue weighted by molar-refractivity contribution is 6.74. The van der Waals surface area contributed by atoms with Crippen LogP contribution in [-0.2, 0) is 4.43 Å². The first-order valence-electron chi connectivity index (χ1n) is 9.19. The smallest absolute Gasteiger partial charge is 0.192 e. The minimum Gasteiger partial charge on any atom is -0.410 e. The highest BCUT2D eigenvalue weighted by atomic mass is 28.4. The van der Waals surface area contributed by atoms with Crippen LogP contribution in [0, 0.1) is 11.8 Å². The molecule has 1 rings (SSSR count). The fourth-order valence-corrected chi connectivity index (χ4v) is 3.76. The number of hydrogen-bond donors (Lipinski definition) is 2. The Morgan fingerprint density at radius 2 is 1.68 bits per heavy atom. The minimum atomic E-state index is -1.98. The van der Waals surface area contributed by atoms with E-state index >= 15 is 0 Å². The Bertz CT molecular complexity index is 534. The van der Waals surface area contributed by atoms with Gasteiger partial charge in [0.1, 0.15) is 0 Å². The first-order chi connectivity index (χ1) is 11.5. The van der Waals surface area contributed by atoms with Crippen LogP contribution in [0.2, 0.25) is 18.1 Å². The molecule has 142 valence electrons. The van der Waals surface area contributed by atoms with Crippen molar-refractivity contribution in [2.75, 3.05) is 6.61 Å². The van der Waals surface area contributed by atoms with Crippen molar-refractivity contribution in [1.29, 1.82) is 0 Å². The van der Waals surface area contributed by atoms with Crippen molar-refractivity contribution in [2.45, 2.75) is 65.0 Å². The molecule has 0 spiro atoms. The number of aliphatic hydroxyl groups is 2. The summed E-state index contributed by atoms with van der Waals surface area (Å²) in [5.41, 5.74) is 1.11. The first-order valence-corrected chi connectivity index (χ1v) is 12.1. The molecule has 0 aliphatic carbocycles. The van der Waals surface area contributed by atoms with Crippen LogP contribution in [0.1, 0.15) is 40.2 Å². The monoisotopic (exact) mass is 364 g/mol. The largest absolute Gasteiger partial charge is 0.410 e. The Kier molecular flexibility index (Phi) is 8.07. The van der Waals surface area contributed by atoms with E-state index in [0.717, 1.165) is 5.56 Å². The lowest BCUT2D eigenvalue weighted by molar-refractivity contribution is -0.000550. The maximum absolute atomic E-state index is 10.6. The van der Waals surface area contributed by atoms with Crippen LogP contribution in [0.4, 0.5) is 0 Å². The summed E-state index contributed by atoms with van der Waals surface area (Å²) >= 11 is 0. The second-order valence-corrected chi connectivity index (χ2v) is 13.4. The van der Waals surface area contributed by atoms with Crippen molar-refractivity contribution >= 4 is 14.4 Å². The van der Waals surface area contributed by atoms with Crippen LogP contribution < -0.4 is 0 Å². The van der Waals surface area contributed by atoms with Crippen LogP contribution in [0.3, 0.4) is 0 Å². The molecule has 4 heteroatoms. The van der Waals surface area contributed by atoms with E-state index in [1.165, 1.54) is 0 Å². The molecule has 0 saturated carbocycles. The standard InChI is InChI=1S/C21H36O3Si/c1-16(15-22)20(23)17(2)19(24-25(6,7)21(3,4)5)14-13-18-11-9-8-10-12-18/h8-14,16-17,19-20,22-23H,15H2,1-7H3/b14-13+/t16-,17+,19-,20-/m0/s1. The van der Waals surface area contributed by atoms with E-state index in [2.05, 4.69) is 58.2 Å². The molecule has 0 unspecified atom stereocenters. The van der Waals surface area contributed by atoms with Crippen molar-refractivity contribution in [3.63, 3.8) is 0 Å². The highest BCUT2D eigenvalue weighted by Crippen LogP contribution is 2.38. The maximum Gasteiger partial charge on any atom is 0.192 e. The molecule has 2 N–H and O–H groups in total. The molecular weight excluding hydrogens is 328 g/mol. The van der Waals surface area contributed by atoms with Crippen molar-refractivity contribution in [3.8, 4) is 0 Å². The van der Waals surface area contributed by atoms with Crippen LogP contribution in [0.5, 0.6) is 0 Å². The zero-order valence-corrected chi connectivity index (χ0v) is 17.9. The Labute approximate surface area is 154 Å². The Morgan fingerprint density at radius 1 is 1.12 bits per heavy atom. The SMILES string of the molecule is C[C@@H]([C@@H](O)[C@@H](C)CO)[C@H](/C=C/c1ccccc1)O[Si](C)(C)C(C)(C)C. The lowest BCUT2D eigenvalue weighted by Crippen LogP contribution is -2.47. The van der Waals surface area contributed by atoms with E-state index < -0.39 is 14.4 Å². The summed E-state index contributed by atoms with van der Waals surface area (Å²) in [5, 5.41) is 20.1. The zero-order valence-electron chi connectivity index (χ0n) is 16.9. The first kappa shape index (κ1) is 22.1. The Hall–Kier alpha value is -0.943. The molecule has 4 atom stereocenters. The zero-order chi connectivity index (χ0) is 19.3. The summed E-state index contributed by atoms with van der Waals surface area (Å²) < 4.78 is 6.61. The predicted octanol–water partition coefficient (Wildman–Crippen LogP) is 4.72. The van der Waals surface area contributed by atoms with Crippen molar-refractivity contribution in [3.05, 3.63) is 42.0 Å². The third-order valence-electron chi connectivity index (χ3n) is 5.44. The Morgan fingerprint density at radius 3 is 2.16 bits per heavy atom. The van der Waals surface area contributed by atoms with Gasteiger partial charge in [-0.05, 0) is 23.7 Å². The van der Waals surface area contributed by atoms with E-state index in [4.69, 9.17) is 4.43 Å². The fourth-order valence-electron chi connectivity index (χ4n) is 2.43. The van der Waals surface area contributed by atoms with Crippen LogP contribution >= 0.6 is 0 Å². The van der Waals surface area contributed by atoms with Gasteiger partial charge in [0, 0.05) is 18.4 Å². The normalized spacial score (nSPS) is 18.1. The lowest BCUT2D eigenvalue weighted by Gasteiger charge is -2.41. The van der Waals surface area contributed by atoms with E-state index in [9.17, 15) is 10.2 Å². The van der Waals surface area contributed by atoms with Crippen LogP contribution in [-0.4, -0.2) is 37.3 Å². The summed E-state index contributed by atoms with van der Waals surface area (Å²) in [6, 6.07) is 10.1. The highest BCUT2D eigenvalue weighted by Gasteiger charge is 2.40. The molecule has 0 saturated heterocycles. The number of benzene rings is 1. The Balaban J connectivity index is 3.07. The van der Waals surface area contributed by atoms with E-state index in [-0.39, 0.29) is 29.6 Å². The average molecular weight is 365 g/mol. The molecule has 0 aliphatic heterocycles. The van der Waals surface area contributed by atoms with Crippen LogP contribution in [0.25, 0.3) is 6.08 Å². The number of aliphatic hydroxyl groups excluding tert-OH is 2. The molecule has 1 aromatic rings. The summed E-state index contributed by atoms with van der Waals surface area (Å²) in [4.78, 5) is 0. The topological polar surface area (TPSA) is 49.7 Å². The predicted molar refractivity (Wildman–Crippen MR) is 109 cm³/mol. The maximum atomic E-state index is 10.6. The fraction of sp³-hybridized carbons (Fsp3) is 0.619. The van der Waals surface area contributed by atoms with E-state index in [1.807, 2.05) is 32.0 Å². The van der Waals surface area contributed by atoms with Gasteiger partial charge < -0.3 is 14.6 Å². The summed E-state index contributed by atoms with van der Waals surface area (Å²) in [7, 11) is -1.98. The molecule has 0 fully saturated rings. The summed E-state index contributed by atoms with van der Waals surface area (Å²) in [6.45, 7) is 14.9. The van der Waals surface area contributed by atoms with Gasteiger partial charge in [0.05, 0.1) is 12.2 Å². The van der Waals surface area contributed by atoms with Gasteiger partial charge in [-0.1, -0.05) is 77.1 Å². The quantitative estimate of drug-likeness (QED) is 0.657. The molecule has 1 aromatic carbocycles. The van der Waals surface area contributed by atoms with Gasteiger partial charge in [-0.15, -0.1) is 0 Å². The summed E-state index contributed by atoms with van der Waals surface area (Å²) in [6.07, 6.45) is 3.32. The van der Waals surface area contributed by atoms with Crippen molar-refractivity contribution in [1.82, 2.24) is 0 Å². The van der Waals surface area contributed by atoms with E-state index in [1.54, 1.807) is 0 Å². The van der Waals surface area contributed by atoms with Gasteiger partial charge in [-0.3, -0.25) is 0 Å². The van der Waals surface area contributed by atoms with Crippen LogP contribution in [0.15, 0.2) is 36.4 Å². The van der Waals surface area contributed by atoms with Gasteiger partial charge in [0.2, 0.25) is 0 Å². The van der Waals surface area contributed by atoms with Gasteiger partial charge >= 0.3 is 0 Å². The van der Waals surface area contributed by atoms with Gasteiger partial charge in [0.25, 0.3) is 0 Å². The van der Waals surface area contributed by atoms with Gasteiger partial charge in [-0.2, -0.15) is 0 Å². The van der Waals surface area contributed by atoms with Gasteiger partial charge in [-0.25, -0.2) is 0 Å². The number of rotatable bonds is 8. The molecule has 0 aliphatic rings. The summed E-state index contributed by atoms with van der Waals surface area (Å²) in [5.74, 6) is -0.276. The molecule has 0 heterocycles. The van der Waals surface area contributed by atoms with Crippen molar-refractivity contribution in [2.24, 2.45) is 11.8 Å². The molecule has 3 nitrogen and oxygen atoms in total. The second kappa shape index (κ2) is 9.13. The molecule has 25 heavy (non-hydrogen) atoms. The molecule has 0 bridgehead atoms. The van der Waals surface area contributed by atoms with Gasteiger partial charge in [0.15, 0.2) is 8.32 Å². The molecular formula is C21H36O3Si. The second-order valence-electron chi connectivity index (χ2n) is 8.62. The third kappa shape index (κ3) is 6.37. The molecule has 0 radical (unpaired) electrons. The van der Waals surface area contributed by atoms with E-state index in [0.29, 0.717) is 0 Å². The number of hydrogen-bond acceptors (Lipinski definition) is 3.